The van der Waals surface area contributed by atoms with Crippen molar-refractivity contribution < 1.29 is 4.79 Å². The summed E-state index contributed by atoms with van der Waals surface area (Å²) in [5.41, 5.74) is 1.22. The first-order valence-electron chi connectivity index (χ1n) is 7.13. The van der Waals surface area contributed by atoms with Gasteiger partial charge in [0.2, 0.25) is 0 Å². The number of aromatic nitrogens is 4. The molecule has 7 nitrogen and oxygen atoms in total. The molecule has 0 aliphatic carbocycles. The quantitative estimate of drug-likeness (QED) is 0.839. The number of nitrogens with one attached hydrogen (secondary N) is 2. The third kappa shape index (κ3) is 3.63. The summed E-state index contributed by atoms with van der Waals surface area (Å²) in [6, 6.07) is 5.87. The van der Waals surface area contributed by atoms with Gasteiger partial charge in [-0.15, -0.1) is 5.10 Å². The van der Waals surface area contributed by atoms with Gasteiger partial charge in [-0.2, -0.15) is 0 Å². The molecule has 1 amide bonds. The van der Waals surface area contributed by atoms with Crippen LogP contribution in [0.3, 0.4) is 0 Å². The van der Waals surface area contributed by atoms with Crippen LogP contribution >= 0.6 is 0 Å². The van der Waals surface area contributed by atoms with Crippen LogP contribution in [0.15, 0.2) is 30.6 Å². The molecule has 1 atom stereocenters. The highest BCUT2D eigenvalue weighted by atomic mass is 16.2. The van der Waals surface area contributed by atoms with E-state index in [4.69, 9.17) is 0 Å². The summed E-state index contributed by atoms with van der Waals surface area (Å²) < 4.78 is 1.62. The molecule has 1 saturated heterocycles. The average molecular weight is 286 g/mol. The first-order valence-corrected chi connectivity index (χ1v) is 7.13. The SMILES string of the molecule is O=C(N[C@H]1CCCNC1)c1cn(Cc2ccccn2)nn1. The molecule has 21 heavy (non-hydrogen) atoms. The highest BCUT2D eigenvalue weighted by molar-refractivity contribution is 5.92. The molecular formula is C14H18N6O. The normalized spacial score (nSPS) is 18.4. The van der Waals surface area contributed by atoms with Crippen LogP contribution in [0.2, 0.25) is 0 Å². The minimum absolute atomic E-state index is 0.170. The lowest BCUT2D eigenvalue weighted by Gasteiger charge is -2.23. The number of carbonyl (C=O) groups is 1. The van der Waals surface area contributed by atoms with Crippen molar-refractivity contribution in [2.45, 2.75) is 25.4 Å². The van der Waals surface area contributed by atoms with Crippen molar-refractivity contribution in [2.24, 2.45) is 0 Å². The molecule has 3 rings (SSSR count). The van der Waals surface area contributed by atoms with Crippen molar-refractivity contribution in [2.75, 3.05) is 13.1 Å². The van der Waals surface area contributed by atoms with Crippen LogP contribution in [0, 0.1) is 0 Å². The molecule has 2 aromatic heterocycles. The molecule has 110 valence electrons. The van der Waals surface area contributed by atoms with E-state index >= 15 is 0 Å². The Kier molecular flexibility index (Phi) is 4.20. The fourth-order valence-corrected chi connectivity index (χ4v) is 2.37. The van der Waals surface area contributed by atoms with Crippen LogP contribution in [-0.2, 0) is 6.54 Å². The number of amides is 1. The van der Waals surface area contributed by atoms with Gasteiger partial charge in [0.15, 0.2) is 5.69 Å². The standard InChI is InChI=1S/C14H18N6O/c21-14(17-11-5-3-6-15-8-11)13-10-20(19-18-13)9-12-4-1-2-7-16-12/h1-2,4,7,10-11,15H,3,5-6,8-9H2,(H,17,21)/t11-/m0/s1. The smallest absolute Gasteiger partial charge is 0.273 e. The van der Waals surface area contributed by atoms with Crippen LogP contribution in [0.5, 0.6) is 0 Å². The van der Waals surface area contributed by atoms with E-state index in [-0.39, 0.29) is 11.9 Å². The molecule has 2 N–H and O–H groups in total. The van der Waals surface area contributed by atoms with Crippen LogP contribution < -0.4 is 10.6 Å². The van der Waals surface area contributed by atoms with Crippen LogP contribution in [-0.4, -0.2) is 45.0 Å². The molecule has 1 fully saturated rings. The molecule has 0 spiro atoms. The monoisotopic (exact) mass is 286 g/mol. The fourth-order valence-electron chi connectivity index (χ4n) is 2.37. The van der Waals surface area contributed by atoms with E-state index in [0.29, 0.717) is 12.2 Å². The third-order valence-electron chi connectivity index (χ3n) is 3.45. The first kappa shape index (κ1) is 13.7. The minimum atomic E-state index is -0.170. The summed E-state index contributed by atoms with van der Waals surface area (Å²) in [7, 11) is 0. The van der Waals surface area contributed by atoms with Crippen molar-refractivity contribution >= 4 is 5.91 Å². The van der Waals surface area contributed by atoms with Crippen molar-refractivity contribution in [3.8, 4) is 0 Å². The Morgan fingerprint density at radius 1 is 1.48 bits per heavy atom. The van der Waals surface area contributed by atoms with E-state index in [1.807, 2.05) is 18.2 Å². The lowest BCUT2D eigenvalue weighted by Crippen LogP contribution is -2.45. The fraction of sp³-hybridized carbons (Fsp3) is 0.429. The molecule has 1 aliphatic rings. The van der Waals surface area contributed by atoms with Crippen LogP contribution in [0.1, 0.15) is 29.0 Å². The molecule has 0 saturated carbocycles. The average Bonchev–Trinajstić information content (AvgIpc) is 2.98. The molecule has 0 bridgehead atoms. The summed E-state index contributed by atoms with van der Waals surface area (Å²) in [5.74, 6) is -0.170. The van der Waals surface area contributed by atoms with Gasteiger partial charge in [-0.3, -0.25) is 9.78 Å². The number of hydrogen-bond donors (Lipinski definition) is 2. The molecule has 0 radical (unpaired) electrons. The Balaban J connectivity index is 1.60. The van der Waals surface area contributed by atoms with Gasteiger partial charge in [0.1, 0.15) is 0 Å². The predicted octanol–water partition coefficient (Wildman–Crippen LogP) is 0.203. The Labute approximate surface area is 122 Å². The molecule has 1 aliphatic heterocycles. The van der Waals surface area contributed by atoms with Gasteiger partial charge in [0, 0.05) is 18.8 Å². The van der Waals surface area contributed by atoms with Gasteiger partial charge in [-0.05, 0) is 31.5 Å². The zero-order chi connectivity index (χ0) is 14.5. The topological polar surface area (TPSA) is 84.7 Å². The Bertz CT molecular complexity index is 591. The Morgan fingerprint density at radius 3 is 3.19 bits per heavy atom. The third-order valence-corrected chi connectivity index (χ3v) is 3.45. The second-order valence-corrected chi connectivity index (χ2v) is 5.14. The summed E-state index contributed by atoms with van der Waals surface area (Å²) >= 11 is 0. The second kappa shape index (κ2) is 6.45. The maximum Gasteiger partial charge on any atom is 0.273 e. The Hall–Kier alpha value is -2.28. The molecule has 0 unspecified atom stereocenters. The maximum absolute atomic E-state index is 12.1. The van der Waals surface area contributed by atoms with E-state index < -0.39 is 0 Å². The summed E-state index contributed by atoms with van der Waals surface area (Å²) in [5, 5.41) is 14.2. The van der Waals surface area contributed by atoms with E-state index in [1.54, 1.807) is 17.1 Å². The number of nitrogens with zero attached hydrogens (tertiary/aromatic N) is 4. The molecule has 7 heteroatoms. The van der Waals surface area contributed by atoms with E-state index in [2.05, 4.69) is 25.9 Å². The summed E-state index contributed by atoms with van der Waals surface area (Å²) in [6.45, 7) is 2.34. The van der Waals surface area contributed by atoms with E-state index in [0.717, 1.165) is 31.6 Å². The van der Waals surface area contributed by atoms with Crippen LogP contribution in [0.25, 0.3) is 0 Å². The van der Waals surface area contributed by atoms with Crippen molar-refractivity contribution in [1.82, 2.24) is 30.6 Å². The Morgan fingerprint density at radius 2 is 2.43 bits per heavy atom. The van der Waals surface area contributed by atoms with Crippen LogP contribution in [0.4, 0.5) is 0 Å². The first-order chi connectivity index (χ1) is 10.3. The van der Waals surface area contributed by atoms with E-state index in [1.165, 1.54) is 0 Å². The van der Waals surface area contributed by atoms with Gasteiger partial charge in [0.05, 0.1) is 18.4 Å². The zero-order valence-electron chi connectivity index (χ0n) is 11.7. The number of hydrogen-bond acceptors (Lipinski definition) is 5. The number of pyridine rings is 1. The highest BCUT2D eigenvalue weighted by Gasteiger charge is 2.18. The molecular weight excluding hydrogens is 268 g/mol. The maximum atomic E-state index is 12.1. The lowest BCUT2D eigenvalue weighted by atomic mass is 10.1. The summed E-state index contributed by atoms with van der Waals surface area (Å²) in [4.78, 5) is 16.3. The van der Waals surface area contributed by atoms with Gasteiger partial charge in [-0.1, -0.05) is 11.3 Å². The van der Waals surface area contributed by atoms with Crippen molar-refractivity contribution in [3.05, 3.63) is 42.0 Å². The largest absolute Gasteiger partial charge is 0.347 e. The van der Waals surface area contributed by atoms with Gasteiger partial charge >= 0.3 is 0 Å². The van der Waals surface area contributed by atoms with Gasteiger partial charge in [-0.25, -0.2) is 4.68 Å². The van der Waals surface area contributed by atoms with Crippen molar-refractivity contribution in [3.63, 3.8) is 0 Å². The number of piperidine rings is 1. The highest BCUT2D eigenvalue weighted by Crippen LogP contribution is 2.04. The van der Waals surface area contributed by atoms with Crippen molar-refractivity contribution in [1.29, 1.82) is 0 Å². The lowest BCUT2D eigenvalue weighted by molar-refractivity contribution is 0.0925. The molecule has 3 heterocycles. The van der Waals surface area contributed by atoms with Gasteiger partial charge < -0.3 is 10.6 Å². The summed E-state index contributed by atoms with van der Waals surface area (Å²) in [6.07, 6.45) is 5.47. The molecule has 0 aromatic carbocycles. The second-order valence-electron chi connectivity index (χ2n) is 5.14. The number of carbonyl (C=O) groups excluding carboxylic acids is 1. The minimum Gasteiger partial charge on any atom is -0.347 e. The van der Waals surface area contributed by atoms with E-state index in [9.17, 15) is 4.79 Å². The molecule has 2 aromatic rings. The zero-order valence-corrected chi connectivity index (χ0v) is 11.7. The predicted molar refractivity (Wildman–Crippen MR) is 76.7 cm³/mol. The van der Waals surface area contributed by atoms with Gasteiger partial charge in [0.25, 0.3) is 5.91 Å². The number of rotatable bonds is 4.